The van der Waals surface area contributed by atoms with Crippen molar-refractivity contribution < 1.29 is 42.1 Å². The fourth-order valence-electron chi connectivity index (χ4n) is 1.93. The van der Waals surface area contributed by atoms with Gasteiger partial charge in [0.05, 0.1) is 18.4 Å². The molecule has 1 rings (SSSR count). The van der Waals surface area contributed by atoms with E-state index in [1.807, 2.05) is 13.0 Å². The van der Waals surface area contributed by atoms with Crippen LogP contribution in [0.2, 0.25) is 0 Å². The lowest BCUT2D eigenvalue weighted by molar-refractivity contribution is -0.0304. The largest absolute Gasteiger partial charge is 0.510 e. The zero-order valence-corrected chi connectivity index (χ0v) is 17.6. The zero-order valence-electron chi connectivity index (χ0n) is 16.7. The van der Waals surface area contributed by atoms with E-state index >= 15 is 0 Å². The van der Waals surface area contributed by atoms with E-state index in [0.717, 1.165) is 5.56 Å². The molecule has 9 nitrogen and oxygen atoms in total. The first-order valence-electron chi connectivity index (χ1n) is 8.70. The van der Waals surface area contributed by atoms with Crippen molar-refractivity contribution in [3.05, 3.63) is 35.4 Å². The minimum Gasteiger partial charge on any atom is -0.432 e. The summed E-state index contributed by atoms with van der Waals surface area (Å²) in [5.41, 5.74) is 1.63. The van der Waals surface area contributed by atoms with E-state index in [4.69, 9.17) is 28.0 Å². The van der Waals surface area contributed by atoms with Crippen molar-refractivity contribution in [3.8, 4) is 0 Å². The standard InChI is InChI=1S/C18H27O9P/c1-13(2)26-17(19)22-11-24-28(21,10-16-8-6-7-15(5)9-16)25-12-23-18(20)27-14(3)4/h6-9,13-14H,10-12H2,1-5H3. The highest BCUT2D eigenvalue weighted by atomic mass is 31.2. The van der Waals surface area contributed by atoms with Crippen molar-refractivity contribution >= 4 is 19.9 Å². The second kappa shape index (κ2) is 11.7. The summed E-state index contributed by atoms with van der Waals surface area (Å²) >= 11 is 0. The Morgan fingerprint density at radius 1 is 0.929 bits per heavy atom. The molecule has 1 aromatic rings. The van der Waals surface area contributed by atoms with Gasteiger partial charge >= 0.3 is 19.9 Å². The summed E-state index contributed by atoms with van der Waals surface area (Å²) in [6.45, 7) is 7.20. The predicted molar refractivity (Wildman–Crippen MR) is 99.8 cm³/mol. The molecule has 1 aromatic carbocycles. The van der Waals surface area contributed by atoms with E-state index in [2.05, 4.69) is 0 Å². The Morgan fingerprint density at radius 2 is 1.43 bits per heavy atom. The fourth-order valence-corrected chi connectivity index (χ4v) is 3.25. The van der Waals surface area contributed by atoms with Crippen molar-refractivity contribution in [2.75, 3.05) is 13.6 Å². The monoisotopic (exact) mass is 418 g/mol. The molecule has 0 fully saturated rings. The molecule has 0 aromatic heterocycles. The number of carbonyl (C=O) groups is 2. The van der Waals surface area contributed by atoms with Crippen LogP contribution in [0.15, 0.2) is 24.3 Å². The molecule has 0 amide bonds. The van der Waals surface area contributed by atoms with Crippen molar-refractivity contribution in [1.82, 2.24) is 0 Å². The molecule has 0 saturated carbocycles. The highest BCUT2D eigenvalue weighted by Crippen LogP contribution is 2.51. The molecule has 0 unspecified atom stereocenters. The van der Waals surface area contributed by atoms with Crippen LogP contribution in [-0.4, -0.2) is 38.1 Å². The van der Waals surface area contributed by atoms with Crippen LogP contribution >= 0.6 is 7.60 Å². The third-order valence-corrected chi connectivity index (χ3v) is 4.72. The maximum absolute atomic E-state index is 13.0. The smallest absolute Gasteiger partial charge is 0.432 e. The van der Waals surface area contributed by atoms with Crippen LogP contribution in [0, 0.1) is 6.92 Å². The van der Waals surface area contributed by atoms with Gasteiger partial charge in [-0.05, 0) is 40.2 Å². The lowest BCUT2D eigenvalue weighted by Crippen LogP contribution is -2.16. The first-order valence-corrected chi connectivity index (χ1v) is 10.4. The number of aryl methyl sites for hydroxylation is 1. The summed E-state index contributed by atoms with van der Waals surface area (Å²) in [7, 11) is -3.81. The molecule has 0 N–H and O–H groups in total. The van der Waals surface area contributed by atoms with Gasteiger partial charge in [-0.1, -0.05) is 29.8 Å². The average molecular weight is 418 g/mol. The van der Waals surface area contributed by atoms with Gasteiger partial charge in [0, 0.05) is 0 Å². The fraction of sp³-hybridized carbons (Fsp3) is 0.556. The van der Waals surface area contributed by atoms with Gasteiger partial charge in [-0.2, -0.15) is 0 Å². The van der Waals surface area contributed by atoms with E-state index in [1.165, 1.54) is 0 Å². The number of ether oxygens (including phenoxy) is 4. The van der Waals surface area contributed by atoms with Crippen LogP contribution in [-0.2, 0) is 38.7 Å². The highest BCUT2D eigenvalue weighted by molar-refractivity contribution is 7.53. The summed E-state index contributed by atoms with van der Waals surface area (Å²) in [4.78, 5) is 22.8. The second-order valence-corrected chi connectivity index (χ2v) is 8.43. The van der Waals surface area contributed by atoms with E-state index in [1.54, 1.807) is 45.9 Å². The lowest BCUT2D eigenvalue weighted by Gasteiger charge is -2.19. The topological polar surface area (TPSA) is 107 Å². The third-order valence-electron chi connectivity index (χ3n) is 2.97. The second-order valence-electron chi connectivity index (χ2n) is 6.37. The van der Waals surface area contributed by atoms with Crippen LogP contribution in [0.1, 0.15) is 38.8 Å². The Hall–Kier alpha value is -2.09. The summed E-state index contributed by atoms with van der Waals surface area (Å²) in [6, 6.07) is 7.23. The molecule has 28 heavy (non-hydrogen) atoms. The van der Waals surface area contributed by atoms with Crippen molar-refractivity contribution in [1.29, 1.82) is 0 Å². The molecule has 0 aliphatic carbocycles. The van der Waals surface area contributed by atoms with E-state index < -0.39 is 33.5 Å². The molecular weight excluding hydrogens is 391 g/mol. The molecule has 0 atom stereocenters. The maximum Gasteiger partial charge on any atom is 0.510 e. The third kappa shape index (κ3) is 10.3. The van der Waals surface area contributed by atoms with E-state index in [-0.39, 0.29) is 18.4 Å². The Balaban J connectivity index is 2.68. The van der Waals surface area contributed by atoms with Gasteiger partial charge in [-0.3, -0.25) is 13.6 Å². The van der Waals surface area contributed by atoms with Crippen molar-refractivity contribution in [2.45, 2.75) is 53.0 Å². The summed E-state index contributed by atoms with van der Waals surface area (Å²) in [6.07, 6.45) is -2.78. The van der Waals surface area contributed by atoms with Gasteiger partial charge in [-0.15, -0.1) is 0 Å². The minimum absolute atomic E-state index is 0.111. The zero-order chi connectivity index (χ0) is 21.2. The Kier molecular flexibility index (Phi) is 9.99. The van der Waals surface area contributed by atoms with Gasteiger partial charge in [0.2, 0.25) is 13.6 Å². The van der Waals surface area contributed by atoms with Crippen molar-refractivity contribution in [3.63, 3.8) is 0 Å². The van der Waals surface area contributed by atoms with E-state index in [0.29, 0.717) is 5.56 Å². The summed E-state index contributed by atoms with van der Waals surface area (Å²) in [5, 5.41) is 0. The summed E-state index contributed by atoms with van der Waals surface area (Å²) in [5.74, 6) is 0. The van der Waals surface area contributed by atoms with Gasteiger partial charge < -0.3 is 18.9 Å². The molecule has 0 spiro atoms. The molecule has 10 heteroatoms. The van der Waals surface area contributed by atoms with Crippen LogP contribution < -0.4 is 0 Å². The van der Waals surface area contributed by atoms with Crippen LogP contribution in [0.5, 0.6) is 0 Å². The number of rotatable bonds is 10. The van der Waals surface area contributed by atoms with Gasteiger partial charge in [0.1, 0.15) is 0 Å². The quantitative estimate of drug-likeness (QED) is 0.302. The maximum atomic E-state index is 13.0. The van der Waals surface area contributed by atoms with Crippen molar-refractivity contribution in [2.24, 2.45) is 0 Å². The predicted octanol–water partition coefficient (Wildman–Crippen LogP) is 4.76. The van der Waals surface area contributed by atoms with Gasteiger partial charge in [-0.25, -0.2) is 9.59 Å². The van der Waals surface area contributed by atoms with E-state index in [9.17, 15) is 14.2 Å². The molecule has 0 aliphatic heterocycles. The number of benzene rings is 1. The average Bonchev–Trinajstić information content (AvgIpc) is 2.53. The summed E-state index contributed by atoms with van der Waals surface area (Å²) < 4.78 is 42.4. The lowest BCUT2D eigenvalue weighted by atomic mass is 10.2. The first kappa shape index (κ1) is 23.9. The van der Waals surface area contributed by atoms with Gasteiger partial charge in [0.15, 0.2) is 0 Å². The van der Waals surface area contributed by atoms with Crippen LogP contribution in [0.4, 0.5) is 9.59 Å². The number of hydrogen-bond acceptors (Lipinski definition) is 9. The SMILES string of the molecule is Cc1cccc(CP(=O)(OCOC(=O)OC(C)C)OCOC(=O)OC(C)C)c1. The molecule has 0 saturated heterocycles. The van der Waals surface area contributed by atoms with Crippen LogP contribution in [0.25, 0.3) is 0 Å². The first-order chi connectivity index (χ1) is 13.1. The van der Waals surface area contributed by atoms with Gasteiger partial charge in [0.25, 0.3) is 0 Å². The Bertz CT molecular complexity index is 655. The molecule has 0 heterocycles. The Morgan fingerprint density at radius 3 is 1.86 bits per heavy atom. The molecule has 158 valence electrons. The molecule has 0 aliphatic rings. The number of hydrogen-bond donors (Lipinski definition) is 0. The molecular formula is C18H27O9P. The normalized spacial score (nSPS) is 11.4. The highest BCUT2D eigenvalue weighted by Gasteiger charge is 2.27. The number of carbonyl (C=O) groups excluding carboxylic acids is 2. The Labute approximate surface area is 164 Å². The van der Waals surface area contributed by atoms with Crippen LogP contribution in [0.3, 0.4) is 0 Å². The molecule has 0 bridgehead atoms. The molecule has 0 radical (unpaired) electrons. The minimum atomic E-state index is -3.81.